The standard InChI is InChI=1S/C30H30ClN5O5S/c1-38-30(37)24-15-23-29(42-24)33-26(36(23)16-20-7-13-39-20)17-34-9-11-35(12-10-34)25-3-2-4-27(32-25)41-18-19-5-6-22(31)21-8-14-40-28(19)21/h2-6,8,14-15,20H,7,9-13,16-18H2,1H3/t20-/m0/s1. The Morgan fingerprint density at radius 1 is 1.14 bits per heavy atom. The first-order chi connectivity index (χ1) is 20.6. The molecule has 0 saturated carbocycles. The summed E-state index contributed by atoms with van der Waals surface area (Å²) in [6, 6.07) is 13.4. The minimum absolute atomic E-state index is 0.185. The van der Waals surface area contributed by atoms with E-state index in [0.29, 0.717) is 22.4 Å². The molecule has 0 aliphatic carbocycles. The van der Waals surface area contributed by atoms with Gasteiger partial charge in [0.2, 0.25) is 5.88 Å². The molecule has 42 heavy (non-hydrogen) atoms. The number of aromatic nitrogens is 3. The van der Waals surface area contributed by atoms with Gasteiger partial charge in [-0.3, -0.25) is 4.90 Å². The van der Waals surface area contributed by atoms with E-state index in [2.05, 4.69) is 14.4 Å². The molecule has 0 bridgehead atoms. The van der Waals surface area contributed by atoms with Gasteiger partial charge in [0.15, 0.2) is 0 Å². The molecule has 2 fully saturated rings. The Hall–Kier alpha value is -3.64. The summed E-state index contributed by atoms with van der Waals surface area (Å²) in [7, 11) is 1.40. The van der Waals surface area contributed by atoms with E-state index in [1.54, 1.807) is 6.26 Å². The van der Waals surface area contributed by atoms with Crippen LogP contribution in [0.15, 0.2) is 53.1 Å². The molecule has 2 aliphatic rings. The number of methoxy groups -OCH3 is 1. The smallest absolute Gasteiger partial charge is 0.348 e. The molecule has 12 heteroatoms. The third-order valence-electron chi connectivity index (χ3n) is 7.88. The van der Waals surface area contributed by atoms with Crippen LogP contribution < -0.4 is 9.64 Å². The maximum atomic E-state index is 12.1. The molecule has 0 radical (unpaired) electrons. The Kier molecular flexibility index (Phi) is 7.49. The van der Waals surface area contributed by atoms with Gasteiger partial charge in [-0.2, -0.15) is 4.98 Å². The van der Waals surface area contributed by atoms with E-state index in [4.69, 9.17) is 40.2 Å². The van der Waals surface area contributed by atoms with Gasteiger partial charge in [0.05, 0.1) is 43.1 Å². The Labute approximate surface area is 251 Å². The fourth-order valence-electron chi connectivity index (χ4n) is 5.47. The predicted molar refractivity (Wildman–Crippen MR) is 161 cm³/mol. The number of halogens is 1. The number of ether oxygens (including phenoxy) is 3. The lowest BCUT2D eigenvalue weighted by molar-refractivity contribution is -0.0592. The number of pyridine rings is 1. The molecular formula is C30H30ClN5O5S. The Bertz CT molecular complexity index is 1740. The number of esters is 1. The number of hydrogen-bond donors (Lipinski definition) is 0. The summed E-state index contributed by atoms with van der Waals surface area (Å²) in [6.07, 6.45) is 2.86. The van der Waals surface area contributed by atoms with Crippen molar-refractivity contribution in [3.8, 4) is 5.88 Å². The van der Waals surface area contributed by atoms with Crippen LogP contribution in [0.1, 0.15) is 27.5 Å². The molecule has 5 aromatic rings. The molecule has 0 unspecified atom stereocenters. The second-order valence-corrected chi connectivity index (χ2v) is 11.9. The van der Waals surface area contributed by atoms with Gasteiger partial charge in [-0.25, -0.2) is 9.78 Å². The zero-order valence-electron chi connectivity index (χ0n) is 23.1. The molecule has 1 aromatic carbocycles. The number of benzene rings is 1. The van der Waals surface area contributed by atoms with Crippen molar-refractivity contribution >= 4 is 56.0 Å². The quantitative estimate of drug-likeness (QED) is 0.205. The molecule has 0 amide bonds. The molecule has 4 aromatic heterocycles. The summed E-state index contributed by atoms with van der Waals surface area (Å²) in [5, 5.41) is 1.53. The van der Waals surface area contributed by atoms with Crippen molar-refractivity contribution in [1.82, 2.24) is 19.4 Å². The SMILES string of the molecule is COC(=O)c1cc2c(nc(CN3CCN(c4cccc(OCc5ccc(Cl)c6ccoc56)n4)CC3)n2C[C@@H]2CCO2)s1. The lowest BCUT2D eigenvalue weighted by atomic mass is 10.1. The zero-order chi connectivity index (χ0) is 28.6. The third-order valence-corrected chi connectivity index (χ3v) is 9.21. The Balaban J connectivity index is 0.999. The summed E-state index contributed by atoms with van der Waals surface area (Å²) >= 11 is 7.65. The molecular weight excluding hydrogens is 578 g/mol. The number of furan rings is 1. The van der Waals surface area contributed by atoms with Gasteiger partial charge in [-0.1, -0.05) is 23.7 Å². The highest BCUT2D eigenvalue weighted by molar-refractivity contribution is 7.20. The average Bonchev–Trinajstić information content (AvgIpc) is 3.71. The summed E-state index contributed by atoms with van der Waals surface area (Å²) in [5.41, 5.74) is 2.63. The summed E-state index contributed by atoms with van der Waals surface area (Å²) < 4.78 is 24.5. The van der Waals surface area contributed by atoms with E-state index in [-0.39, 0.29) is 12.1 Å². The molecule has 10 nitrogen and oxygen atoms in total. The highest BCUT2D eigenvalue weighted by Crippen LogP contribution is 2.30. The molecule has 0 spiro atoms. The minimum atomic E-state index is -0.329. The largest absolute Gasteiger partial charge is 0.473 e. The van der Waals surface area contributed by atoms with E-state index < -0.39 is 0 Å². The molecule has 2 saturated heterocycles. The number of rotatable bonds is 9. The number of hydrogen-bond acceptors (Lipinski definition) is 10. The van der Waals surface area contributed by atoms with Crippen LogP contribution in [0.4, 0.5) is 5.82 Å². The van der Waals surface area contributed by atoms with Gasteiger partial charge >= 0.3 is 5.97 Å². The number of nitrogens with zero attached hydrogens (tertiary/aromatic N) is 5. The van der Waals surface area contributed by atoms with Crippen LogP contribution >= 0.6 is 22.9 Å². The molecule has 0 N–H and O–H groups in total. The van der Waals surface area contributed by atoms with Crippen molar-refractivity contribution in [2.45, 2.75) is 32.2 Å². The molecule has 218 valence electrons. The second kappa shape index (κ2) is 11.6. The fraction of sp³-hybridized carbons (Fsp3) is 0.367. The summed E-state index contributed by atoms with van der Waals surface area (Å²) in [6.45, 7) is 6.04. The molecule has 1 atom stereocenters. The van der Waals surface area contributed by atoms with Crippen molar-refractivity contribution < 1.29 is 23.4 Å². The number of piperazine rings is 1. The van der Waals surface area contributed by atoms with Crippen LogP contribution in [-0.4, -0.2) is 71.4 Å². The zero-order valence-corrected chi connectivity index (χ0v) is 24.7. The number of carbonyl (C=O) groups is 1. The van der Waals surface area contributed by atoms with Gasteiger partial charge < -0.3 is 28.1 Å². The fourth-order valence-corrected chi connectivity index (χ4v) is 6.65. The predicted octanol–water partition coefficient (Wildman–Crippen LogP) is 5.37. The monoisotopic (exact) mass is 607 g/mol. The van der Waals surface area contributed by atoms with E-state index in [9.17, 15) is 4.79 Å². The van der Waals surface area contributed by atoms with Crippen LogP contribution in [0.5, 0.6) is 5.88 Å². The van der Waals surface area contributed by atoms with Gasteiger partial charge in [-0.15, -0.1) is 11.3 Å². The molecule has 7 rings (SSSR count). The van der Waals surface area contributed by atoms with Gasteiger partial charge in [-0.05, 0) is 30.7 Å². The van der Waals surface area contributed by atoms with E-state index >= 15 is 0 Å². The topological polar surface area (TPSA) is 95.1 Å². The molecule has 6 heterocycles. The third kappa shape index (κ3) is 5.33. The lowest BCUT2D eigenvalue weighted by Crippen LogP contribution is -2.46. The Morgan fingerprint density at radius 3 is 2.79 bits per heavy atom. The number of fused-ring (bicyclic) bond motifs is 2. The van der Waals surface area contributed by atoms with E-state index in [1.165, 1.54) is 18.4 Å². The first kappa shape index (κ1) is 27.2. The first-order valence-electron chi connectivity index (χ1n) is 14.0. The maximum Gasteiger partial charge on any atom is 0.348 e. The van der Waals surface area contributed by atoms with E-state index in [0.717, 1.165) is 90.8 Å². The van der Waals surface area contributed by atoms with Gasteiger partial charge in [0, 0.05) is 49.8 Å². The van der Waals surface area contributed by atoms with E-state index in [1.807, 2.05) is 42.5 Å². The first-order valence-corrected chi connectivity index (χ1v) is 15.2. The van der Waals surface area contributed by atoms with Crippen LogP contribution in [0, 0.1) is 0 Å². The van der Waals surface area contributed by atoms with Gasteiger partial charge in [0.1, 0.15) is 33.5 Å². The number of imidazole rings is 1. The number of carbonyl (C=O) groups excluding carboxylic acids is 1. The summed E-state index contributed by atoms with van der Waals surface area (Å²) in [4.78, 5) is 27.9. The maximum absolute atomic E-state index is 12.1. The lowest BCUT2D eigenvalue weighted by Gasteiger charge is -2.35. The minimum Gasteiger partial charge on any atom is -0.473 e. The van der Waals surface area contributed by atoms with Crippen LogP contribution in [0.3, 0.4) is 0 Å². The van der Waals surface area contributed by atoms with Crippen molar-refractivity contribution in [2.75, 3.05) is 44.8 Å². The van der Waals surface area contributed by atoms with Crippen LogP contribution in [0.2, 0.25) is 5.02 Å². The van der Waals surface area contributed by atoms with Gasteiger partial charge in [0.25, 0.3) is 0 Å². The van der Waals surface area contributed by atoms with Crippen molar-refractivity contribution in [3.05, 3.63) is 70.0 Å². The highest BCUT2D eigenvalue weighted by atomic mass is 35.5. The highest BCUT2D eigenvalue weighted by Gasteiger charge is 2.26. The summed E-state index contributed by atoms with van der Waals surface area (Å²) in [5.74, 6) is 2.13. The Morgan fingerprint density at radius 2 is 2.00 bits per heavy atom. The van der Waals surface area contributed by atoms with Crippen LogP contribution in [0.25, 0.3) is 21.3 Å². The normalized spacial score (nSPS) is 17.6. The van der Waals surface area contributed by atoms with Crippen molar-refractivity contribution in [1.29, 1.82) is 0 Å². The second-order valence-electron chi connectivity index (χ2n) is 10.5. The number of thiophene rings is 1. The van der Waals surface area contributed by atoms with Crippen molar-refractivity contribution in [3.63, 3.8) is 0 Å². The average molecular weight is 608 g/mol. The van der Waals surface area contributed by atoms with Crippen molar-refractivity contribution in [2.24, 2.45) is 0 Å². The number of anilines is 1. The van der Waals surface area contributed by atoms with Crippen LogP contribution in [-0.2, 0) is 29.2 Å². The molecule has 2 aliphatic heterocycles.